The van der Waals surface area contributed by atoms with E-state index in [-0.39, 0.29) is 0 Å². The van der Waals surface area contributed by atoms with Crippen LogP contribution in [0.15, 0.2) is 60.7 Å². The molecule has 1 aromatic heterocycles. The lowest BCUT2D eigenvalue weighted by Gasteiger charge is -2.13. The highest BCUT2D eigenvalue weighted by Gasteiger charge is 2.08. The van der Waals surface area contributed by atoms with Crippen molar-refractivity contribution in [3.05, 3.63) is 66.2 Å². The molecular formula is C24H31N5. The van der Waals surface area contributed by atoms with Gasteiger partial charge in [0.05, 0.1) is 0 Å². The van der Waals surface area contributed by atoms with E-state index in [1.165, 1.54) is 5.56 Å². The Morgan fingerprint density at radius 1 is 0.897 bits per heavy atom. The fraction of sp³-hybridized carbons (Fsp3) is 0.333. The molecule has 5 nitrogen and oxygen atoms in total. The first-order chi connectivity index (χ1) is 14.0. The minimum absolute atomic E-state index is 0.519. The van der Waals surface area contributed by atoms with Crippen molar-refractivity contribution in [3.8, 4) is 11.4 Å². The second-order valence-electron chi connectivity index (χ2n) is 7.81. The summed E-state index contributed by atoms with van der Waals surface area (Å²) in [7, 11) is 4.18. The Kier molecular flexibility index (Phi) is 7.19. The number of nitrogens with one attached hydrogen (secondary N) is 2. The van der Waals surface area contributed by atoms with Gasteiger partial charge in [-0.1, -0.05) is 56.3 Å². The third-order valence-electron chi connectivity index (χ3n) is 4.70. The van der Waals surface area contributed by atoms with Crippen molar-refractivity contribution in [2.24, 2.45) is 0 Å². The molecule has 0 saturated carbocycles. The summed E-state index contributed by atoms with van der Waals surface area (Å²) in [6.45, 7) is 6.31. The van der Waals surface area contributed by atoms with E-state index in [1.807, 2.05) is 36.4 Å². The number of rotatable bonds is 9. The molecule has 0 aliphatic heterocycles. The number of aromatic nitrogens is 2. The monoisotopic (exact) mass is 389 g/mol. The molecule has 29 heavy (non-hydrogen) atoms. The van der Waals surface area contributed by atoms with E-state index in [2.05, 4.69) is 67.7 Å². The molecule has 2 N–H and O–H groups in total. The van der Waals surface area contributed by atoms with Crippen LogP contribution in [0.4, 0.5) is 17.3 Å². The Bertz CT molecular complexity index is 889. The molecule has 152 valence electrons. The lowest BCUT2D eigenvalue weighted by Crippen LogP contribution is -2.16. The van der Waals surface area contributed by atoms with Gasteiger partial charge in [0.1, 0.15) is 11.6 Å². The molecule has 0 saturated heterocycles. The first-order valence-electron chi connectivity index (χ1n) is 10.2. The lowest BCUT2D eigenvalue weighted by atomic mass is 10.0. The molecule has 0 fully saturated rings. The third kappa shape index (κ3) is 6.29. The molecule has 1 heterocycles. The van der Waals surface area contributed by atoms with Crippen LogP contribution in [0.25, 0.3) is 11.4 Å². The summed E-state index contributed by atoms with van der Waals surface area (Å²) in [5.41, 5.74) is 3.35. The van der Waals surface area contributed by atoms with E-state index in [0.717, 1.165) is 42.4 Å². The molecule has 0 aliphatic rings. The topological polar surface area (TPSA) is 53.1 Å². The van der Waals surface area contributed by atoms with Crippen molar-refractivity contribution in [1.29, 1.82) is 0 Å². The van der Waals surface area contributed by atoms with Crippen LogP contribution in [-0.4, -0.2) is 42.1 Å². The highest BCUT2D eigenvalue weighted by atomic mass is 15.1. The first kappa shape index (κ1) is 20.8. The molecule has 0 aliphatic carbocycles. The largest absolute Gasteiger partial charge is 0.370 e. The van der Waals surface area contributed by atoms with Gasteiger partial charge in [-0.3, -0.25) is 0 Å². The van der Waals surface area contributed by atoms with E-state index < -0.39 is 0 Å². The smallest absolute Gasteiger partial charge is 0.163 e. The Hall–Kier alpha value is -2.92. The minimum atomic E-state index is 0.519. The average molecular weight is 390 g/mol. The highest BCUT2D eigenvalue weighted by molar-refractivity contribution is 5.65. The second-order valence-corrected chi connectivity index (χ2v) is 7.81. The zero-order chi connectivity index (χ0) is 20.6. The second kappa shape index (κ2) is 10.0. The van der Waals surface area contributed by atoms with E-state index >= 15 is 0 Å². The number of hydrogen-bond acceptors (Lipinski definition) is 5. The van der Waals surface area contributed by atoms with E-state index in [0.29, 0.717) is 11.7 Å². The SMILES string of the molecule is CC(C)c1ccc(Nc2cc(NCCCN(C)C)nc(-c3ccccc3)n2)cc1. The van der Waals surface area contributed by atoms with Gasteiger partial charge in [0.2, 0.25) is 0 Å². The predicted octanol–water partition coefficient (Wildman–Crippen LogP) is 5.37. The minimum Gasteiger partial charge on any atom is -0.370 e. The normalized spacial score (nSPS) is 11.1. The fourth-order valence-electron chi connectivity index (χ4n) is 3.03. The third-order valence-corrected chi connectivity index (χ3v) is 4.70. The van der Waals surface area contributed by atoms with Crippen LogP contribution in [0.5, 0.6) is 0 Å². The molecule has 0 amide bonds. The molecule has 3 rings (SSSR count). The summed E-state index contributed by atoms with van der Waals surface area (Å²) in [6, 6.07) is 20.6. The maximum atomic E-state index is 4.74. The first-order valence-corrected chi connectivity index (χ1v) is 10.2. The van der Waals surface area contributed by atoms with Gasteiger partial charge in [0, 0.05) is 23.9 Å². The molecule has 0 atom stereocenters. The maximum absolute atomic E-state index is 4.74. The summed E-state index contributed by atoms with van der Waals surface area (Å²) in [5.74, 6) is 2.85. The highest BCUT2D eigenvalue weighted by Crippen LogP contribution is 2.24. The van der Waals surface area contributed by atoms with Gasteiger partial charge in [0.15, 0.2) is 5.82 Å². The summed E-state index contributed by atoms with van der Waals surface area (Å²) >= 11 is 0. The molecule has 0 unspecified atom stereocenters. The molecule has 3 aromatic rings. The van der Waals surface area contributed by atoms with Gasteiger partial charge in [-0.2, -0.15) is 0 Å². The number of benzene rings is 2. The van der Waals surface area contributed by atoms with E-state index in [9.17, 15) is 0 Å². The van der Waals surface area contributed by atoms with Crippen LogP contribution in [0.2, 0.25) is 0 Å². The fourth-order valence-corrected chi connectivity index (χ4v) is 3.03. The molecule has 5 heteroatoms. The van der Waals surface area contributed by atoms with Crippen molar-refractivity contribution in [2.75, 3.05) is 37.8 Å². The van der Waals surface area contributed by atoms with E-state index in [4.69, 9.17) is 9.97 Å². The standard InChI is InChI=1S/C24H31N5/c1-18(2)19-11-13-21(14-12-19)26-23-17-22(25-15-8-16-29(3)4)27-24(28-23)20-9-6-5-7-10-20/h5-7,9-14,17-18H,8,15-16H2,1-4H3,(H2,25,26,27,28). The van der Waals surface area contributed by atoms with E-state index in [1.54, 1.807) is 0 Å². The van der Waals surface area contributed by atoms with Crippen molar-refractivity contribution in [2.45, 2.75) is 26.2 Å². The van der Waals surface area contributed by atoms with Gasteiger partial charge in [-0.25, -0.2) is 9.97 Å². The van der Waals surface area contributed by atoms with Crippen LogP contribution in [-0.2, 0) is 0 Å². The Morgan fingerprint density at radius 3 is 2.24 bits per heavy atom. The quantitative estimate of drug-likeness (QED) is 0.482. The summed E-state index contributed by atoms with van der Waals surface area (Å²) in [6.07, 6.45) is 1.05. The van der Waals surface area contributed by atoms with Crippen molar-refractivity contribution in [3.63, 3.8) is 0 Å². The van der Waals surface area contributed by atoms with Crippen molar-refractivity contribution >= 4 is 17.3 Å². The number of hydrogen-bond donors (Lipinski definition) is 2. The zero-order valence-corrected chi connectivity index (χ0v) is 17.8. The summed E-state index contributed by atoms with van der Waals surface area (Å²) in [5, 5.41) is 6.87. The van der Waals surface area contributed by atoms with Gasteiger partial charge < -0.3 is 15.5 Å². The summed E-state index contributed by atoms with van der Waals surface area (Å²) < 4.78 is 0. The van der Waals surface area contributed by atoms with Gasteiger partial charge in [0.25, 0.3) is 0 Å². The Labute approximate surface area is 174 Å². The van der Waals surface area contributed by atoms with Crippen LogP contribution in [0, 0.1) is 0 Å². The lowest BCUT2D eigenvalue weighted by molar-refractivity contribution is 0.405. The molecule has 0 radical (unpaired) electrons. The van der Waals surface area contributed by atoms with Crippen LogP contribution < -0.4 is 10.6 Å². The summed E-state index contributed by atoms with van der Waals surface area (Å²) in [4.78, 5) is 11.7. The Morgan fingerprint density at radius 2 is 1.59 bits per heavy atom. The predicted molar refractivity (Wildman–Crippen MR) is 123 cm³/mol. The molecular weight excluding hydrogens is 358 g/mol. The van der Waals surface area contributed by atoms with Gasteiger partial charge in [-0.15, -0.1) is 0 Å². The maximum Gasteiger partial charge on any atom is 0.163 e. The van der Waals surface area contributed by atoms with Crippen LogP contribution in [0.1, 0.15) is 31.7 Å². The molecule has 0 spiro atoms. The van der Waals surface area contributed by atoms with Gasteiger partial charge >= 0.3 is 0 Å². The number of anilines is 3. The van der Waals surface area contributed by atoms with Crippen LogP contribution >= 0.6 is 0 Å². The van der Waals surface area contributed by atoms with Crippen molar-refractivity contribution < 1.29 is 0 Å². The Balaban J connectivity index is 1.81. The number of nitrogens with zero attached hydrogens (tertiary/aromatic N) is 3. The van der Waals surface area contributed by atoms with Crippen molar-refractivity contribution in [1.82, 2.24) is 14.9 Å². The van der Waals surface area contributed by atoms with Gasteiger partial charge in [-0.05, 0) is 50.7 Å². The molecule has 2 aromatic carbocycles. The average Bonchev–Trinajstić information content (AvgIpc) is 2.72. The molecule has 0 bridgehead atoms. The zero-order valence-electron chi connectivity index (χ0n) is 17.8. The van der Waals surface area contributed by atoms with Crippen LogP contribution in [0.3, 0.4) is 0 Å².